The summed E-state index contributed by atoms with van der Waals surface area (Å²) in [5.41, 5.74) is 6.55. The number of halogens is 2. The first kappa shape index (κ1) is 26.1. The van der Waals surface area contributed by atoms with Crippen molar-refractivity contribution >= 4 is 46.4 Å². The standard InChI is InChI=1S/C19H30N4O3S.2ClH/c1-2-22-9-11-23(12-10-22)27(25,26)17-7-4-6-16(14-17)21-19(24)13-15-5-3-8-18(15)20;;/h4,6-7,14-15,18H,2-3,5,8-13,20H2,1H3,(H,21,24);2*1H/t15-,18+;;/m0../s1. The Kier molecular flexibility index (Phi) is 10.3. The zero-order valence-electron chi connectivity index (χ0n) is 16.7. The molecule has 166 valence electrons. The van der Waals surface area contributed by atoms with Crippen molar-refractivity contribution in [1.82, 2.24) is 9.21 Å². The van der Waals surface area contributed by atoms with Gasteiger partial charge in [-0.15, -0.1) is 24.8 Å². The Hall–Kier alpha value is -0.900. The van der Waals surface area contributed by atoms with Gasteiger partial charge in [0.1, 0.15) is 0 Å². The Morgan fingerprint density at radius 1 is 1.17 bits per heavy atom. The van der Waals surface area contributed by atoms with Crippen LogP contribution < -0.4 is 11.1 Å². The van der Waals surface area contributed by atoms with Gasteiger partial charge >= 0.3 is 0 Å². The zero-order chi connectivity index (χ0) is 19.4. The number of sulfonamides is 1. The van der Waals surface area contributed by atoms with Crippen LogP contribution in [0.3, 0.4) is 0 Å². The maximum atomic E-state index is 12.9. The highest BCUT2D eigenvalue weighted by Gasteiger charge is 2.29. The summed E-state index contributed by atoms with van der Waals surface area (Å²) in [4.78, 5) is 14.8. The molecule has 10 heteroatoms. The number of nitrogens with two attached hydrogens (primary N) is 1. The average molecular weight is 467 g/mol. The Bertz CT molecular complexity index is 770. The predicted octanol–water partition coefficient (Wildman–Crippen LogP) is 2.31. The number of carbonyl (C=O) groups excluding carboxylic acids is 1. The second-order valence-electron chi connectivity index (χ2n) is 7.47. The molecular weight excluding hydrogens is 435 g/mol. The van der Waals surface area contributed by atoms with Crippen LogP contribution >= 0.6 is 24.8 Å². The number of nitrogens with zero attached hydrogens (tertiary/aromatic N) is 2. The minimum Gasteiger partial charge on any atom is -0.327 e. The maximum Gasteiger partial charge on any atom is 0.243 e. The molecule has 1 aromatic carbocycles. The van der Waals surface area contributed by atoms with E-state index >= 15 is 0 Å². The minimum absolute atomic E-state index is 0. The molecule has 1 amide bonds. The molecule has 1 saturated heterocycles. The summed E-state index contributed by atoms with van der Waals surface area (Å²) in [5, 5.41) is 2.84. The zero-order valence-corrected chi connectivity index (χ0v) is 19.2. The lowest BCUT2D eigenvalue weighted by Gasteiger charge is -2.33. The molecule has 0 radical (unpaired) electrons. The summed E-state index contributed by atoms with van der Waals surface area (Å²) < 4.78 is 27.4. The topological polar surface area (TPSA) is 95.7 Å². The highest BCUT2D eigenvalue weighted by molar-refractivity contribution is 7.89. The Labute approximate surface area is 186 Å². The highest BCUT2D eigenvalue weighted by Crippen LogP contribution is 2.27. The molecule has 0 spiro atoms. The highest BCUT2D eigenvalue weighted by atomic mass is 35.5. The van der Waals surface area contributed by atoms with Crippen molar-refractivity contribution in [3.63, 3.8) is 0 Å². The first-order chi connectivity index (χ1) is 12.9. The van der Waals surface area contributed by atoms with E-state index in [1.54, 1.807) is 24.3 Å². The van der Waals surface area contributed by atoms with Gasteiger partial charge in [-0.1, -0.05) is 19.4 Å². The molecule has 1 aliphatic carbocycles. The molecule has 1 heterocycles. The fourth-order valence-corrected chi connectivity index (χ4v) is 5.41. The number of hydrogen-bond donors (Lipinski definition) is 2. The van der Waals surface area contributed by atoms with Crippen LogP contribution in [0.2, 0.25) is 0 Å². The molecule has 7 nitrogen and oxygen atoms in total. The minimum atomic E-state index is -3.55. The molecule has 0 aromatic heterocycles. The molecule has 29 heavy (non-hydrogen) atoms. The van der Waals surface area contributed by atoms with Crippen molar-refractivity contribution in [2.75, 3.05) is 38.0 Å². The average Bonchev–Trinajstić information content (AvgIpc) is 3.06. The summed E-state index contributed by atoms with van der Waals surface area (Å²) >= 11 is 0. The van der Waals surface area contributed by atoms with Gasteiger partial charge in [-0.3, -0.25) is 4.79 Å². The number of nitrogens with one attached hydrogen (secondary N) is 1. The van der Waals surface area contributed by atoms with Gasteiger partial charge in [0, 0.05) is 44.3 Å². The number of carbonyl (C=O) groups is 1. The second-order valence-corrected chi connectivity index (χ2v) is 9.41. The summed E-state index contributed by atoms with van der Waals surface area (Å²) in [6, 6.07) is 6.62. The van der Waals surface area contributed by atoms with Crippen molar-refractivity contribution in [2.24, 2.45) is 11.7 Å². The lowest BCUT2D eigenvalue weighted by atomic mass is 10.00. The van der Waals surface area contributed by atoms with E-state index in [9.17, 15) is 13.2 Å². The monoisotopic (exact) mass is 466 g/mol. The van der Waals surface area contributed by atoms with Crippen LogP contribution in [-0.2, 0) is 14.8 Å². The molecule has 1 saturated carbocycles. The van der Waals surface area contributed by atoms with Crippen LogP contribution in [-0.4, -0.2) is 62.3 Å². The van der Waals surface area contributed by atoms with E-state index in [1.165, 1.54) is 4.31 Å². The third-order valence-electron chi connectivity index (χ3n) is 5.70. The van der Waals surface area contributed by atoms with Crippen LogP contribution in [0, 0.1) is 5.92 Å². The molecule has 1 aliphatic heterocycles. The van der Waals surface area contributed by atoms with E-state index in [0.29, 0.717) is 25.2 Å². The van der Waals surface area contributed by atoms with E-state index in [-0.39, 0.29) is 47.6 Å². The second kappa shape index (κ2) is 11.5. The molecular formula is C19H32Cl2N4O3S. The summed E-state index contributed by atoms with van der Waals surface area (Å²) in [6.07, 6.45) is 3.40. The fraction of sp³-hybridized carbons (Fsp3) is 0.632. The molecule has 3 N–H and O–H groups in total. The normalized spacial score (nSPS) is 23.1. The number of rotatable bonds is 6. The van der Waals surface area contributed by atoms with Crippen molar-refractivity contribution in [2.45, 2.75) is 43.5 Å². The first-order valence-corrected chi connectivity index (χ1v) is 11.2. The van der Waals surface area contributed by atoms with Crippen LogP contribution in [0.4, 0.5) is 5.69 Å². The van der Waals surface area contributed by atoms with Crippen molar-refractivity contribution < 1.29 is 13.2 Å². The van der Waals surface area contributed by atoms with E-state index in [1.807, 2.05) is 0 Å². The number of amides is 1. The number of benzene rings is 1. The van der Waals surface area contributed by atoms with E-state index < -0.39 is 10.0 Å². The van der Waals surface area contributed by atoms with Gasteiger partial charge in [0.2, 0.25) is 15.9 Å². The van der Waals surface area contributed by atoms with Crippen LogP contribution in [0.25, 0.3) is 0 Å². The first-order valence-electron chi connectivity index (χ1n) is 9.78. The third-order valence-corrected chi connectivity index (χ3v) is 7.59. The number of anilines is 1. The van der Waals surface area contributed by atoms with E-state index in [0.717, 1.165) is 38.9 Å². The smallest absolute Gasteiger partial charge is 0.243 e. The van der Waals surface area contributed by atoms with E-state index in [4.69, 9.17) is 5.73 Å². The number of hydrogen-bond acceptors (Lipinski definition) is 5. The Morgan fingerprint density at radius 3 is 2.45 bits per heavy atom. The maximum absolute atomic E-state index is 12.9. The van der Waals surface area contributed by atoms with Gasteiger partial charge in [0.15, 0.2) is 0 Å². The summed E-state index contributed by atoms with van der Waals surface area (Å²) in [5.74, 6) is 0.107. The largest absolute Gasteiger partial charge is 0.327 e. The molecule has 0 unspecified atom stereocenters. The van der Waals surface area contributed by atoms with E-state index in [2.05, 4.69) is 17.1 Å². The van der Waals surface area contributed by atoms with Gasteiger partial charge in [-0.25, -0.2) is 8.42 Å². The van der Waals surface area contributed by atoms with Gasteiger partial charge < -0.3 is 16.0 Å². The van der Waals surface area contributed by atoms with Crippen molar-refractivity contribution in [3.8, 4) is 0 Å². The van der Waals surface area contributed by atoms with Crippen LogP contribution in [0.5, 0.6) is 0 Å². The Balaban J connectivity index is 0.00000210. The van der Waals surface area contributed by atoms with Crippen LogP contribution in [0.15, 0.2) is 29.2 Å². The number of piperazine rings is 1. The predicted molar refractivity (Wildman–Crippen MR) is 120 cm³/mol. The SMILES string of the molecule is CCN1CCN(S(=O)(=O)c2cccc(NC(=O)C[C@@H]3CCC[C@H]3N)c2)CC1.Cl.Cl. The quantitative estimate of drug-likeness (QED) is 0.670. The third kappa shape index (κ3) is 6.54. The molecule has 2 aliphatic rings. The fourth-order valence-electron chi connectivity index (χ4n) is 3.94. The van der Waals surface area contributed by atoms with Crippen molar-refractivity contribution in [3.05, 3.63) is 24.3 Å². The van der Waals surface area contributed by atoms with Crippen molar-refractivity contribution in [1.29, 1.82) is 0 Å². The molecule has 2 fully saturated rings. The van der Waals surface area contributed by atoms with Gasteiger partial charge in [-0.2, -0.15) is 4.31 Å². The summed E-state index contributed by atoms with van der Waals surface area (Å²) in [6.45, 7) is 5.48. The number of likely N-dealkylation sites (N-methyl/N-ethyl adjacent to an activating group) is 1. The Morgan fingerprint density at radius 2 is 1.86 bits per heavy atom. The molecule has 3 rings (SSSR count). The van der Waals surface area contributed by atoms with Gasteiger partial charge in [-0.05, 0) is 43.5 Å². The van der Waals surface area contributed by atoms with Gasteiger partial charge in [0.05, 0.1) is 4.90 Å². The molecule has 1 aromatic rings. The van der Waals surface area contributed by atoms with Gasteiger partial charge in [0.25, 0.3) is 0 Å². The lowest BCUT2D eigenvalue weighted by Crippen LogP contribution is -2.48. The van der Waals surface area contributed by atoms with Crippen LogP contribution in [0.1, 0.15) is 32.6 Å². The molecule has 0 bridgehead atoms. The summed E-state index contributed by atoms with van der Waals surface area (Å²) in [7, 11) is -3.55. The lowest BCUT2D eigenvalue weighted by molar-refractivity contribution is -0.117. The molecule has 2 atom stereocenters.